The number of nitrogens with one attached hydrogen (secondary N) is 1. The van der Waals surface area contributed by atoms with Crippen molar-refractivity contribution in [1.29, 1.82) is 0 Å². The molecular weight excluding hydrogens is 400 g/mol. The summed E-state index contributed by atoms with van der Waals surface area (Å²) in [5, 5.41) is 13.4. The molecule has 0 radical (unpaired) electrons. The first-order valence-corrected chi connectivity index (χ1v) is 10.1. The summed E-state index contributed by atoms with van der Waals surface area (Å²) in [7, 11) is 0. The molecule has 31 heavy (non-hydrogen) atoms. The number of primary amides is 1. The molecule has 11 nitrogen and oxygen atoms in total. The van der Waals surface area contributed by atoms with Crippen molar-refractivity contribution in [1.82, 2.24) is 24.7 Å². The second kappa shape index (κ2) is 10.0. The summed E-state index contributed by atoms with van der Waals surface area (Å²) in [6, 6.07) is -0.636. The summed E-state index contributed by atoms with van der Waals surface area (Å²) in [6.45, 7) is 9.80. The zero-order valence-corrected chi connectivity index (χ0v) is 18.4. The minimum atomic E-state index is -0.697. The third-order valence-electron chi connectivity index (χ3n) is 4.24. The first kappa shape index (κ1) is 23.8. The van der Waals surface area contributed by atoms with E-state index in [1.54, 1.807) is 30.6 Å². The number of nitrogens with two attached hydrogens (primary N) is 3. The van der Waals surface area contributed by atoms with Gasteiger partial charge in [-0.25, -0.2) is 9.97 Å². The zero-order valence-electron chi connectivity index (χ0n) is 18.4. The average Bonchev–Trinajstić information content (AvgIpc) is 3.33. The number of nitrogens with zero attached hydrogens (tertiary/aromatic N) is 4. The van der Waals surface area contributed by atoms with Gasteiger partial charge in [0.05, 0.1) is 30.0 Å². The standard InChI is InChI=1S/C18H24N8O3.C2H6/c1-4-22-14(15(27)9(3)20)18-25-13(11(5-19)29-18)12-10-6-23-8(2)7-26(10)17(24-12)16(21)28;1-2/h6-7,9,22,27H,4-5,19-20H2,1-3H3,(H2,21,28);1-2H3/b15-14+;. The molecule has 8 N–H and O–H groups in total. The van der Waals surface area contributed by atoms with Crippen LogP contribution in [0.4, 0.5) is 0 Å². The van der Waals surface area contributed by atoms with Gasteiger partial charge in [-0.2, -0.15) is 0 Å². The van der Waals surface area contributed by atoms with E-state index in [0.29, 0.717) is 34.9 Å². The van der Waals surface area contributed by atoms with Crippen molar-refractivity contribution < 1.29 is 14.3 Å². The molecule has 3 rings (SSSR count). The second-order valence-electron chi connectivity index (χ2n) is 6.51. The fourth-order valence-electron chi connectivity index (χ4n) is 2.89. The van der Waals surface area contributed by atoms with Crippen LogP contribution in [0.15, 0.2) is 22.6 Å². The van der Waals surface area contributed by atoms with E-state index >= 15 is 0 Å². The maximum absolute atomic E-state index is 11.9. The maximum atomic E-state index is 11.9. The number of hydrogen-bond donors (Lipinski definition) is 5. The Hall–Kier alpha value is -3.44. The Balaban J connectivity index is 0.00000166. The van der Waals surface area contributed by atoms with Crippen LogP contribution in [0.5, 0.6) is 0 Å². The third-order valence-corrected chi connectivity index (χ3v) is 4.24. The minimum absolute atomic E-state index is 0.0187. The molecule has 0 aliphatic rings. The largest absolute Gasteiger partial charge is 0.508 e. The molecule has 0 saturated carbocycles. The van der Waals surface area contributed by atoms with E-state index in [1.165, 1.54) is 0 Å². The average molecular weight is 431 g/mol. The first-order chi connectivity index (χ1) is 14.8. The molecule has 1 unspecified atom stereocenters. The second-order valence-corrected chi connectivity index (χ2v) is 6.51. The highest BCUT2D eigenvalue weighted by Gasteiger charge is 2.25. The maximum Gasteiger partial charge on any atom is 0.285 e. The molecule has 0 saturated heterocycles. The number of aliphatic hydroxyl groups is 1. The highest BCUT2D eigenvalue weighted by molar-refractivity contribution is 5.93. The summed E-state index contributed by atoms with van der Waals surface area (Å²) in [5.74, 6) is -0.331. The zero-order chi connectivity index (χ0) is 23.3. The number of aromatic nitrogens is 4. The molecule has 0 bridgehead atoms. The summed E-state index contributed by atoms with van der Waals surface area (Å²) < 4.78 is 7.34. The van der Waals surface area contributed by atoms with Crippen LogP contribution in [0.1, 0.15) is 55.7 Å². The summed E-state index contributed by atoms with van der Waals surface area (Å²) in [4.78, 5) is 25.0. The number of oxazole rings is 1. The fraction of sp³-hybridized carbons (Fsp3) is 0.400. The van der Waals surface area contributed by atoms with Crippen LogP contribution < -0.4 is 22.5 Å². The van der Waals surface area contributed by atoms with Gasteiger partial charge in [-0.1, -0.05) is 13.8 Å². The van der Waals surface area contributed by atoms with Crippen LogP contribution >= 0.6 is 0 Å². The van der Waals surface area contributed by atoms with Crippen molar-refractivity contribution in [3.05, 3.63) is 41.3 Å². The highest BCUT2D eigenvalue weighted by Crippen LogP contribution is 2.30. The molecule has 0 spiro atoms. The fourth-order valence-corrected chi connectivity index (χ4v) is 2.89. The SMILES string of the molecule is CC.CCN/C(=C(/O)C(C)N)c1nc(-c2nc(C(N)=O)n3cc(C)ncc23)c(CN)o1. The molecule has 0 aromatic carbocycles. The van der Waals surface area contributed by atoms with Crippen molar-refractivity contribution in [2.24, 2.45) is 17.2 Å². The van der Waals surface area contributed by atoms with E-state index in [2.05, 4.69) is 20.3 Å². The topological polar surface area (TPSA) is 184 Å². The smallest absolute Gasteiger partial charge is 0.285 e. The van der Waals surface area contributed by atoms with Crippen molar-refractivity contribution >= 4 is 17.1 Å². The Morgan fingerprint density at radius 2 is 2.00 bits per heavy atom. The van der Waals surface area contributed by atoms with E-state index in [1.807, 2.05) is 20.8 Å². The lowest BCUT2D eigenvalue weighted by Gasteiger charge is -2.11. The van der Waals surface area contributed by atoms with Gasteiger partial charge in [0.2, 0.25) is 11.7 Å². The van der Waals surface area contributed by atoms with Gasteiger partial charge in [-0.05, 0) is 20.8 Å². The Kier molecular flexibility index (Phi) is 7.72. The Bertz CT molecular complexity index is 1100. The Morgan fingerprint density at radius 3 is 2.55 bits per heavy atom. The van der Waals surface area contributed by atoms with Crippen molar-refractivity contribution in [3.8, 4) is 11.4 Å². The van der Waals surface area contributed by atoms with Crippen molar-refractivity contribution in [2.75, 3.05) is 6.54 Å². The number of hydrogen-bond acceptors (Lipinski definition) is 9. The monoisotopic (exact) mass is 430 g/mol. The molecule has 1 atom stereocenters. The number of rotatable bonds is 7. The molecule has 0 fully saturated rings. The van der Waals surface area contributed by atoms with Crippen LogP contribution in [0.3, 0.4) is 0 Å². The molecule has 1 amide bonds. The van der Waals surface area contributed by atoms with Gasteiger partial charge in [0.1, 0.15) is 28.6 Å². The van der Waals surface area contributed by atoms with Gasteiger partial charge in [-0.3, -0.25) is 14.2 Å². The Labute approximate surface area is 180 Å². The third kappa shape index (κ3) is 4.67. The number of fused-ring (bicyclic) bond motifs is 1. The van der Waals surface area contributed by atoms with Gasteiger partial charge in [0.25, 0.3) is 5.91 Å². The van der Waals surface area contributed by atoms with E-state index < -0.39 is 11.9 Å². The van der Waals surface area contributed by atoms with Crippen LogP contribution in [-0.2, 0) is 6.54 Å². The highest BCUT2D eigenvalue weighted by atomic mass is 16.4. The molecule has 0 aliphatic carbocycles. The van der Waals surface area contributed by atoms with Crippen LogP contribution in [-0.4, -0.2) is 43.0 Å². The van der Waals surface area contributed by atoms with Crippen LogP contribution in [0.25, 0.3) is 22.6 Å². The first-order valence-electron chi connectivity index (χ1n) is 10.1. The molecule has 0 aliphatic heterocycles. The number of aryl methyl sites for hydroxylation is 1. The van der Waals surface area contributed by atoms with Crippen molar-refractivity contribution in [3.63, 3.8) is 0 Å². The van der Waals surface area contributed by atoms with Gasteiger partial charge in [0.15, 0.2) is 0 Å². The predicted molar refractivity (Wildman–Crippen MR) is 118 cm³/mol. The lowest BCUT2D eigenvalue weighted by molar-refractivity contribution is 0.0990. The van der Waals surface area contributed by atoms with E-state index in [-0.39, 0.29) is 29.7 Å². The van der Waals surface area contributed by atoms with E-state index in [0.717, 1.165) is 0 Å². The lowest BCUT2D eigenvalue weighted by Crippen LogP contribution is -2.24. The summed E-state index contributed by atoms with van der Waals surface area (Å²) in [6.07, 6.45) is 3.22. The number of aliphatic hydroxyl groups excluding tert-OH is 1. The van der Waals surface area contributed by atoms with Gasteiger partial charge < -0.3 is 32.0 Å². The summed E-state index contributed by atoms with van der Waals surface area (Å²) in [5.41, 5.74) is 19.3. The van der Waals surface area contributed by atoms with Crippen LogP contribution in [0, 0.1) is 6.92 Å². The minimum Gasteiger partial charge on any atom is -0.508 e. The molecule has 3 aromatic rings. The molecule has 168 valence electrons. The Morgan fingerprint density at radius 1 is 1.32 bits per heavy atom. The van der Waals surface area contributed by atoms with E-state index in [4.69, 9.17) is 21.6 Å². The van der Waals surface area contributed by atoms with Gasteiger partial charge in [0, 0.05) is 12.7 Å². The normalized spacial score (nSPS) is 12.7. The van der Waals surface area contributed by atoms with Crippen molar-refractivity contribution in [2.45, 2.75) is 47.2 Å². The number of amides is 1. The lowest BCUT2D eigenvalue weighted by atomic mass is 10.2. The number of imidazole rings is 1. The molecule has 3 heterocycles. The number of carbonyl (C=O) groups excluding carboxylic acids is 1. The summed E-state index contributed by atoms with van der Waals surface area (Å²) >= 11 is 0. The van der Waals surface area contributed by atoms with Gasteiger partial charge in [-0.15, -0.1) is 0 Å². The quantitative estimate of drug-likeness (QED) is 0.346. The van der Waals surface area contributed by atoms with Crippen LogP contribution in [0.2, 0.25) is 0 Å². The number of carbonyl (C=O) groups is 1. The molecule has 3 aromatic heterocycles. The molecule has 11 heteroatoms. The van der Waals surface area contributed by atoms with E-state index in [9.17, 15) is 9.90 Å². The molecular formula is C20H30N8O3. The predicted octanol–water partition coefficient (Wildman–Crippen LogP) is 1.46. The van der Waals surface area contributed by atoms with Gasteiger partial charge >= 0.3 is 0 Å².